The zero-order valence-corrected chi connectivity index (χ0v) is 17.3. The summed E-state index contributed by atoms with van der Waals surface area (Å²) >= 11 is -5.30. The Hall–Kier alpha value is -1.90. The van der Waals surface area contributed by atoms with Crippen LogP contribution in [0.3, 0.4) is 0 Å². The van der Waals surface area contributed by atoms with Gasteiger partial charge in [0, 0.05) is 0 Å². The van der Waals surface area contributed by atoms with E-state index in [0.29, 0.717) is 18.7 Å². The standard InChI is InChI=1S/C17H25AsN2O7/c1-4-6-9-20(17(22)12-26-10-5-2)16-11-14(19-13(3)21)7-8-15(16)18(23,24)27-25/h4,7-8,11,25H,1,5-6,9-10,12H2,2-3H3,(H,19,21)(H,23,24). The Morgan fingerprint density at radius 2 is 2.11 bits per heavy atom. The summed E-state index contributed by atoms with van der Waals surface area (Å²) in [6.45, 7) is 7.15. The predicted octanol–water partition coefficient (Wildman–Crippen LogP) is 1.04. The molecule has 1 aromatic rings. The van der Waals surface area contributed by atoms with Crippen LogP contribution in [0.2, 0.25) is 0 Å². The molecule has 0 aliphatic rings. The quantitative estimate of drug-likeness (QED) is 0.153. The SMILES string of the molecule is C=CCCN(C(=O)COCCC)c1cc(NC(C)=O)ccc1[As](=O)(O)OO. The summed E-state index contributed by atoms with van der Waals surface area (Å²) in [6.07, 6.45) is 2.73. The van der Waals surface area contributed by atoms with E-state index in [2.05, 4.69) is 15.8 Å². The van der Waals surface area contributed by atoms with Crippen molar-refractivity contribution >= 4 is 41.7 Å². The van der Waals surface area contributed by atoms with Gasteiger partial charge in [0.1, 0.15) is 0 Å². The van der Waals surface area contributed by atoms with Crippen molar-refractivity contribution in [2.24, 2.45) is 0 Å². The molecular formula is C17H25AsN2O7. The van der Waals surface area contributed by atoms with Crippen molar-refractivity contribution in [3.63, 3.8) is 0 Å². The van der Waals surface area contributed by atoms with Gasteiger partial charge in [-0.05, 0) is 0 Å². The first-order valence-corrected chi connectivity index (χ1v) is 11.6. The van der Waals surface area contributed by atoms with Gasteiger partial charge >= 0.3 is 161 Å². The Labute approximate surface area is 160 Å². The number of benzene rings is 1. The van der Waals surface area contributed by atoms with E-state index in [1.54, 1.807) is 6.08 Å². The van der Waals surface area contributed by atoms with Gasteiger partial charge < -0.3 is 0 Å². The first-order chi connectivity index (χ1) is 12.8. The molecule has 2 amide bonds. The number of carbonyl (C=O) groups excluding carboxylic acids is 2. The number of amides is 2. The van der Waals surface area contributed by atoms with Gasteiger partial charge in [0.05, 0.1) is 0 Å². The molecule has 0 aliphatic carbocycles. The molecule has 27 heavy (non-hydrogen) atoms. The second-order valence-electron chi connectivity index (χ2n) is 5.66. The summed E-state index contributed by atoms with van der Waals surface area (Å²) in [5, 5.41) is 11.4. The molecule has 0 spiro atoms. The van der Waals surface area contributed by atoms with Gasteiger partial charge in [-0.2, -0.15) is 0 Å². The molecule has 1 atom stereocenters. The number of rotatable bonds is 11. The van der Waals surface area contributed by atoms with Gasteiger partial charge in [0.25, 0.3) is 0 Å². The van der Waals surface area contributed by atoms with E-state index in [1.165, 1.54) is 30.0 Å². The van der Waals surface area contributed by atoms with Gasteiger partial charge in [0.15, 0.2) is 0 Å². The molecule has 10 heteroatoms. The third-order valence-corrected chi connectivity index (χ3v) is 5.97. The number of nitrogens with one attached hydrogen (secondary N) is 1. The van der Waals surface area contributed by atoms with Crippen molar-refractivity contribution in [1.29, 1.82) is 0 Å². The van der Waals surface area contributed by atoms with Crippen LogP contribution in [-0.4, -0.2) is 55.1 Å². The number of carbonyl (C=O) groups is 2. The Balaban J connectivity index is 3.40. The fraction of sp³-hybridized carbons (Fsp3) is 0.412. The van der Waals surface area contributed by atoms with Crippen LogP contribution in [0, 0.1) is 0 Å². The van der Waals surface area contributed by atoms with E-state index in [4.69, 9.17) is 9.99 Å². The fourth-order valence-electron chi connectivity index (χ4n) is 2.29. The average molecular weight is 444 g/mol. The summed E-state index contributed by atoms with van der Waals surface area (Å²) in [5.74, 6) is -0.792. The van der Waals surface area contributed by atoms with Gasteiger partial charge in [-0.1, -0.05) is 0 Å². The summed E-state index contributed by atoms with van der Waals surface area (Å²) in [5.41, 5.74) is 0.368. The maximum absolute atomic E-state index is 12.6. The second kappa shape index (κ2) is 11.1. The summed E-state index contributed by atoms with van der Waals surface area (Å²) < 4.78 is 31.1. The second-order valence-corrected chi connectivity index (χ2v) is 9.20. The third-order valence-electron chi connectivity index (χ3n) is 3.43. The van der Waals surface area contributed by atoms with Crippen LogP contribution in [0.4, 0.5) is 11.4 Å². The minimum absolute atomic E-state index is 0.0484. The first kappa shape index (κ1) is 23.1. The van der Waals surface area contributed by atoms with Gasteiger partial charge in [0.2, 0.25) is 0 Å². The Kier molecular flexibility index (Phi) is 9.48. The van der Waals surface area contributed by atoms with Crippen LogP contribution in [0.15, 0.2) is 30.9 Å². The van der Waals surface area contributed by atoms with Crippen LogP contribution in [-0.2, 0) is 21.9 Å². The summed E-state index contributed by atoms with van der Waals surface area (Å²) in [7, 11) is 0. The van der Waals surface area contributed by atoms with Crippen molar-refractivity contribution in [1.82, 2.24) is 0 Å². The topological polar surface area (TPSA) is 125 Å². The molecular weight excluding hydrogens is 419 g/mol. The van der Waals surface area contributed by atoms with Crippen LogP contribution in [0.1, 0.15) is 26.7 Å². The summed E-state index contributed by atoms with van der Waals surface area (Å²) in [4.78, 5) is 25.2. The van der Waals surface area contributed by atoms with Gasteiger partial charge in [-0.15, -0.1) is 0 Å². The van der Waals surface area contributed by atoms with Crippen LogP contribution < -0.4 is 14.6 Å². The van der Waals surface area contributed by atoms with Crippen molar-refractivity contribution in [2.45, 2.75) is 26.7 Å². The fourth-order valence-corrected chi connectivity index (χ4v) is 4.02. The van der Waals surface area contributed by atoms with E-state index < -0.39 is 20.1 Å². The molecule has 0 radical (unpaired) electrons. The number of anilines is 2. The molecule has 1 rings (SSSR count). The Morgan fingerprint density at radius 3 is 2.67 bits per heavy atom. The Bertz CT molecular complexity index is 723. The number of nitrogens with zero attached hydrogens (tertiary/aromatic N) is 1. The summed E-state index contributed by atoms with van der Waals surface area (Å²) in [6, 6.07) is 3.99. The van der Waals surface area contributed by atoms with E-state index in [1.807, 2.05) is 6.92 Å². The first-order valence-electron chi connectivity index (χ1n) is 8.34. The molecule has 0 bridgehead atoms. The van der Waals surface area contributed by atoms with Crippen LogP contribution >= 0.6 is 0 Å². The average Bonchev–Trinajstić information content (AvgIpc) is 2.61. The molecule has 0 aliphatic heterocycles. The van der Waals surface area contributed by atoms with Crippen LogP contribution in [0.5, 0.6) is 0 Å². The van der Waals surface area contributed by atoms with Crippen molar-refractivity contribution in [2.75, 3.05) is 30.0 Å². The predicted molar refractivity (Wildman–Crippen MR) is 101 cm³/mol. The molecule has 9 nitrogen and oxygen atoms in total. The van der Waals surface area contributed by atoms with E-state index in [9.17, 15) is 17.4 Å². The zero-order chi connectivity index (χ0) is 20.4. The number of ether oxygens (including phenoxy) is 1. The molecule has 3 N–H and O–H groups in total. The Morgan fingerprint density at radius 1 is 1.41 bits per heavy atom. The maximum atomic E-state index is 12.6. The normalized spacial score (nSPS) is 12.9. The van der Waals surface area contributed by atoms with Crippen molar-refractivity contribution in [3.8, 4) is 0 Å². The zero-order valence-electron chi connectivity index (χ0n) is 15.4. The molecule has 0 aromatic heterocycles. The van der Waals surface area contributed by atoms with Crippen molar-refractivity contribution in [3.05, 3.63) is 30.9 Å². The van der Waals surface area contributed by atoms with Crippen molar-refractivity contribution < 1.29 is 31.3 Å². The minimum atomic E-state index is -5.30. The van der Waals surface area contributed by atoms with E-state index in [-0.39, 0.29) is 29.1 Å². The van der Waals surface area contributed by atoms with Crippen LogP contribution in [0.25, 0.3) is 0 Å². The molecule has 1 unspecified atom stereocenters. The van der Waals surface area contributed by atoms with Gasteiger partial charge in [-0.3, -0.25) is 0 Å². The molecule has 1 aromatic carbocycles. The van der Waals surface area contributed by atoms with E-state index >= 15 is 0 Å². The van der Waals surface area contributed by atoms with E-state index in [0.717, 1.165) is 6.42 Å². The number of hydrogen-bond donors (Lipinski definition) is 3. The molecule has 150 valence electrons. The molecule has 0 saturated carbocycles. The number of hydrogen-bond acceptors (Lipinski definition) is 6. The monoisotopic (exact) mass is 444 g/mol. The molecule has 0 fully saturated rings. The molecule has 0 saturated heterocycles. The third kappa shape index (κ3) is 6.97. The van der Waals surface area contributed by atoms with Gasteiger partial charge in [-0.25, -0.2) is 0 Å². The molecule has 0 heterocycles.